The predicted molar refractivity (Wildman–Crippen MR) is 83.4 cm³/mol. The summed E-state index contributed by atoms with van der Waals surface area (Å²) < 4.78 is 1.14. The summed E-state index contributed by atoms with van der Waals surface area (Å²) in [6.07, 6.45) is 7.23. The molecule has 2 aromatic rings. The van der Waals surface area contributed by atoms with Crippen LogP contribution in [-0.4, -0.2) is 4.98 Å². The monoisotopic (exact) mass is 290 g/mol. The molecule has 0 bridgehead atoms. The number of nitriles is 2. The molecule has 1 aromatic carbocycles. The molecule has 1 aromatic heterocycles. The molecule has 0 fully saturated rings. The van der Waals surface area contributed by atoms with Gasteiger partial charge in [0, 0.05) is 23.7 Å². The molecule has 1 aliphatic rings. The molecule has 0 aliphatic carbocycles. The lowest BCUT2D eigenvalue weighted by Crippen LogP contribution is -2.09. The Kier molecular flexibility index (Phi) is 3.27. The van der Waals surface area contributed by atoms with Crippen molar-refractivity contribution in [2.75, 3.05) is 4.90 Å². The van der Waals surface area contributed by atoms with Crippen molar-refractivity contribution in [1.82, 2.24) is 4.98 Å². The molecule has 5 heteroatoms. The van der Waals surface area contributed by atoms with Gasteiger partial charge in [0.25, 0.3) is 0 Å². The minimum atomic E-state index is 0.121. The van der Waals surface area contributed by atoms with Gasteiger partial charge in [-0.1, -0.05) is 0 Å². The summed E-state index contributed by atoms with van der Waals surface area (Å²) >= 11 is 1.66. The van der Waals surface area contributed by atoms with Crippen LogP contribution in [0.5, 0.6) is 0 Å². The Morgan fingerprint density at radius 1 is 1.19 bits per heavy atom. The third-order valence-corrected chi connectivity index (χ3v) is 4.05. The van der Waals surface area contributed by atoms with Crippen molar-refractivity contribution in [2.24, 2.45) is 0 Å². The molecule has 0 atom stereocenters. The van der Waals surface area contributed by atoms with Gasteiger partial charge in [-0.2, -0.15) is 10.5 Å². The van der Waals surface area contributed by atoms with Crippen LogP contribution < -0.4 is 4.90 Å². The largest absolute Gasteiger partial charge is 0.324 e. The third kappa shape index (κ3) is 2.43. The Hall–Kier alpha value is -2.89. The number of anilines is 1. The molecule has 4 nitrogen and oxygen atoms in total. The SMILES string of the molecule is Cc1nc2ccc(N3C=CC(=C(C#N)C#N)C=C3)cc2s1. The highest BCUT2D eigenvalue weighted by Gasteiger charge is 2.09. The van der Waals surface area contributed by atoms with E-state index >= 15 is 0 Å². The molecule has 0 saturated heterocycles. The Balaban J connectivity index is 1.94. The molecule has 100 valence electrons. The van der Waals surface area contributed by atoms with Crippen LogP contribution in [0.15, 0.2) is 53.9 Å². The van der Waals surface area contributed by atoms with E-state index in [2.05, 4.69) is 11.1 Å². The number of thiazole rings is 1. The van der Waals surface area contributed by atoms with Crippen molar-refractivity contribution in [1.29, 1.82) is 10.5 Å². The topological polar surface area (TPSA) is 63.7 Å². The number of rotatable bonds is 1. The summed E-state index contributed by atoms with van der Waals surface area (Å²) in [5, 5.41) is 18.8. The van der Waals surface area contributed by atoms with Crippen LogP contribution in [0.4, 0.5) is 5.69 Å². The quantitative estimate of drug-likeness (QED) is 0.749. The number of hydrogen-bond acceptors (Lipinski definition) is 5. The minimum absolute atomic E-state index is 0.121. The lowest BCUT2D eigenvalue weighted by Gasteiger charge is -2.18. The maximum Gasteiger partial charge on any atom is 0.136 e. The second-order valence-corrected chi connectivity index (χ2v) is 5.71. The smallest absolute Gasteiger partial charge is 0.136 e. The second-order valence-electron chi connectivity index (χ2n) is 4.48. The van der Waals surface area contributed by atoms with Crippen LogP contribution in [-0.2, 0) is 0 Å². The maximum atomic E-state index is 8.86. The van der Waals surface area contributed by atoms with E-state index < -0.39 is 0 Å². The van der Waals surface area contributed by atoms with Crippen LogP contribution in [0, 0.1) is 29.6 Å². The highest BCUT2D eigenvalue weighted by Crippen LogP contribution is 2.28. The molecular formula is C16H10N4S. The van der Waals surface area contributed by atoms with E-state index in [-0.39, 0.29) is 5.57 Å². The molecule has 0 radical (unpaired) electrons. The Morgan fingerprint density at radius 3 is 2.57 bits per heavy atom. The molecule has 3 rings (SSSR count). The number of allylic oxidation sites excluding steroid dienone is 4. The van der Waals surface area contributed by atoms with Crippen molar-refractivity contribution in [3.05, 3.63) is 58.9 Å². The van der Waals surface area contributed by atoms with Crippen LogP contribution >= 0.6 is 11.3 Å². The van der Waals surface area contributed by atoms with Crippen LogP contribution in [0.25, 0.3) is 10.2 Å². The Labute approximate surface area is 126 Å². The number of benzene rings is 1. The molecule has 21 heavy (non-hydrogen) atoms. The normalized spacial score (nSPS) is 13.3. The van der Waals surface area contributed by atoms with Gasteiger partial charge >= 0.3 is 0 Å². The molecular weight excluding hydrogens is 280 g/mol. The summed E-state index contributed by atoms with van der Waals surface area (Å²) in [7, 11) is 0. The summed E-state index contributed by atoms with van der Waals surface area (Å²) in [5.74, 6) is 0. The first kappa shape index (κ1) is 13.1. The summed E-state index contributed by atoms with van der Waals surface area (Å²) in [4.78, 5) is 6.39. The zero-order valence-corrected chi connectivity index (χ0v) is 12.1. The van der Waals surface area contributed by atoms with Gasteiger partial charge < -0.3 is 4.90 Å². The first-order valence-corrected chi connectivity index (χ1v) is 7.09. The lowest BCUT2D eigenvalue weighted by atomic mass is 10.1. The average Bonchev–Trinajstić information content (AvgIpc) is 2.88. The molecule has 0 amide bonds. The Morgan fingerprint density at radius 2 is 1.90 bits per heavy atom. The van der Waals surface area contributed by atoms with Gasteiger partial charge in [-0.15, -0.1) is 11.3 Å². The van der Waals surface area contributed by atoms with E-state index in [9.17, 15) is 0 Å². The highest BCUT2D eigenvalue weighted by molar-refractivity contribution is 7.18. The zero-order chi connectivity index (χ0) is 14.8. The van der Waals surface area contributed by atoms with Gasteiger partial charge in [-0.25, -0.2) is 4.98 Å². The fourth-order valence-corrected chi connectivity index (χ4v) is 2.97. The molecule has 2 heterocycles. The Bertz CT molecular complexity index is 855. The van der Waals surface area contributed by atoms with E-state index in [0.717, 1.165) is 20.9 Å². The highest BCUT2D eigenvalue weighted by atomic mass is 32.1. The van der Waals surface area contributed by atoms with Crippen molar-refractivity contribution in [3.63, 3.8) is 0 Å². The number of aryl methyl sites for hydroxylation is 1. The average molecular weight is 290 g/mol. The molecule has 0 spiro atoms. The standard InChI is InChI=1S/C16H10N4S/c1-11-19-15-3-2-14(8-16(15)21-11)20-6-4-12(5-7-20)13(9-17)10-18/h2-8H,1H3. The maximum absolute atomic E-state index is 8.86. The number of aromatic nitrogens is 1. The molecule has 0 saturated carbocycles. The number of fused-ring (bicyclic) bond motifs is 1. The fraction of sp³-hybridized carbons (Fsp3) is 0.0625. The summed E-state index contributed by atoms with van der Waals surface area (Å²) in [6.45, 7) is 1.99. The van der Waals surface area contributed by atoms with Crippen LogP contribution in [0.2, 0.25) is 0 Å². The summed E-state index contributed by atoms with van der Waals surface area (Å²) in [5.41, 5.74) is 2.78. The van der Waals surface area contributed by atoms with Gasteiger partial charge in [0.05, 0.1) is 15.2 Å². The zero-order valence-electron chi connectivity index (χ0n) is 11.2. The molecule has 0 N–H and O–H groups in total. The van der Waals surface area contributed by atoms with Crippen molar-refractivity contribution >= 4 is 27.2 Å². The van der Waals surface area contributed by atoms with Gasteiger partial charge in [0.1, 0.15) is 17.7 Å². The first-order valence-electron chi connectivity index (χ1n) is 6.27. The molecule has 1 aliphatic heterocycles. The van der Waals surface area contributed by atoms with E-state index in [1.807, 2.05) is 48.5 Å². The van der Waals surface area contributed by atoms with Crippen LogP contribution in [0.3, 0.4) is 0 Å². The van der Waals surface area contributed by atoms with Crippen molar-refractivity contribution in [2.45, 2.75) is 6.92 Å². The van der Waals surface area contributed by atoms with Gasteiger partial charge in [0.2, 0.25) is 0 Å². The van der Waals surface area contributed by atoms with Gasteiger partial charge in [-0.05, 0) is 37.3 Å². The van der Waals surface area contributed by atoms with E-state index in [0.29, 0.717) is 5.57 Å². The molecule has 0 unspecified atom stereocenters. The number of hydrogen-bond donors (Lipinski definition) is 0. The predicted octanol–water partition coefficient (Wildman–Crippen LogP) is 3.80. The van der Waals surface area contributed by atoms with Crippen molar-refractivity contribution in [3.8, 4) is 12.1 Å². The second kappa shape index (κ2) is 5.24. The minimum Gasteiger partial charge on any atom is -0.324 e. The lowest BCUT2D eigenvalue weighted by molar-refractivity contribution is 1.25. The van der Waals surface area contributed by atoms with Gasteiger partial charge in [0.15, 0.2) is 0 Å². The van der Waals surface area contributed by atoms with E-state index in [4.69, 9.17) is 10.5 Å². The fourth-order valence-electron chi connectivity index (χ4n) is 2.11. The van der Waals surface area contributed by atoms with E-state index in [1.165, 1.54) is 0 Å². The third-order valence-electron chi connectivity index (χ3n) is 3.12. The summed E-state index contributed by atoms with van der Waals surface area (Å²) in [6, 6.07) is 9.87. The van der Waals surface area contributed by atoms with E-state index in [1.54, 1.807) is 23.5 Å². The first-order chi connectivity index (χ1) is 10.2. The number of nitrogens with zero attached hydrogens (tertiary/aromatic N) is 4. The van der Waals surface area contributed by atoms with Crippen LogP contribution in [0.1, 0.15) is 5.01 Å². The van der Waals surface area contributed by atoms with Gasteiger partial charge in [-0.3, -0.25) is 0 Å². The van der Waals surface area contributed by atoms with Crippen molar-refractivity contribution < 1.29 is 0 Å².